The second kappa shape index (κ2) is 5.43. The number of benzene rings is 1. The topological polar surface area (TPSA) is 102 Å². The molecule has 0 saturated carbocycles. The third-order valence-corrected chi connectivity index (χ3v) is 2.79. The molecule has 0 bridgehead atoms. The highest BCUT2D eigenvalue weighted by molar-refractivity contribution is 5.98. The van der Waals surface area contributed by atoms with Crippen LogP contribution in [0.2, 0.25) is 0 Å². The summed E-state index contributed by atoms with van der Waals surface area (Å²) in [6.07, 6.45) is 1.60. The monoisotopic (exact) mass is 273 g/mol. The van der Waals surface area contributed by atoms with Gasteiger partial charge in [-0.15, -0.1) is 0 Å². The quantitative estimate of drug-likeness (QED) is 0.694. The highest BCUT2D eigenvalue weighted by Crippen LogP contribution is 2.18. The van der Waals surface area contributed by atoms with E-state index < -0.39 is 0 Å². The lowest BCUT2D eigenvalue weighted by Gasteiger charge is -2.09. The number of hydrogen-bond donors (Lipinski definition) is 3. The zero-order valence-electron chi connectivity index (χ0n) is 11.2. The van der Waals surface area contributed by atoms with Crippen molar-refractivity contribution in [1.82, 2.24) is 20.4 Å². The Kier molecular flexibility index (Phi) is 3.69. The van der Waals surface area contributed by atoms with Gasteiger partial charge in [0.2, 0.25) is 0 Å². The molecule has 1 aromatic heterocycles. The van der Waals surface area contributed by atoms with Crippen molar-refractivity contribution >= 4 is 17.5 Å². The average Bonchev–Trinajstić information content (AvgIpc) is 2.95. The summed E-state index contributed by atoms with van der Waals surface area (Å²) in [4.78, 5) is 23.4. The lowest BCUT2D eigenvalue weighted by molar-refractivity contribution is 0.0953. The van der Waals surface area contributed by atoms with E-state index in [2.05, 4.69) is 15.7 Å². The molecule has 0 fully saturated rings. The van der Waals surface area contributed by atoms with Crippen LogP contribution < -0.4 is 16.4 Å². The number of aromatic nitrogens is 2. The van der Waals surface area contributed by atoms with Crippen molar-refractivity contribution in [3.63, 3.8) is 0 Å². The number of nitrogens with zero attached hydrogens (tertiary/aromatic N) is 2. The van der Waals surface area contributed by atoms with Gasteiger partial charge >= 0.3 is 0 Å². The van der Waals surface area contributed by atoms with Gasteiger partial charge in [-0.3, -0.25) is 9.59 Å². The van der Waals surface area contributed by atoms with Gasteiger partial charge in [-0.25, -0.2) is 4.68 Å². The van der Waals surface area contributed by atoms with Crippen LogP contribution in [0.25, 0.3) is 5.69 Å². The molecule has 7 heteroatoms. The summed E-state index contributed by atoms with van der Waals surface area (Å²) >= 11 is 0. The van der Waals surface area contributed by atoms with Crippen LogP contribution in [-0.4, -0.2) is 35.7 Å². The molecule has 0 atom stereocenters. The summed E-state index contributed by atoms with van der Waals surface area (Å²) in [6.45, 7) is 0. The molecule has 0 spiro atoms. The van der Waals surface area contributed by atoms with Gasteiger partial charge in [0.05, 0.1) is 11.3 Å². The van der Waals surface area contributed by atoms with Crippen molar-refractivity contribution in [3.05, 3.63) is 41.7 Å². The Labute approximate surface area is 115 Å². The number of nitrogen functional groups attached to an aromatic ring is 1. The number of nitrogens with one attached hydrogen (secondary N) is 2. The second-order valence-electron chi connectivity index (χ2n) is 4.08. The van der Waals surface area contributed by atoms with E-state index >= 15 is 0 Å². The number of hydrogen-bond acceptors (Lipinski definition) is 4. The standard InChI is InChI=1S/C13H15N5O2/c1-15-12(19)9-4-3-8(14)7-11(9)18-6-5-10(17-18)13(20)16-2/h3-7H,14H2,1-2H3,(H,15,19)(H,16,20). The zero-order valence-corrected chi connectivity index (χ0v) is 11.2. The zero-order chi connectivity index (χ0) is 14.7. The summed E-state index contributed by atoms with van der Waals surface area (Å²) < 4.78 is 1.45. The predicted molar refractivity (Wildman–Crippen MR) is 74.8 cm³/mol. The fourth-order valence-corrected chi connectivity index (χ4v) is 1.77. The Balaban J connectivity index is 2.51. The first-order valence-electron chi connectivity index (χ1n) is 5.96. The molecular formula is C13H15N5O2. The van der Waals surface area contributed by atoms with Crippen LogP contribution in [0.3, 0.4) is 0 Å². The van der Waals surface area contributed by atoms with E-state index in [-0.39, 0.29) is 17.5 Å². The molecule has 2 aromatic rings. The van der Waals surface area contributed by atoms with Gasteiger partial charge in [0.25, 0.3) is 11.8 Å². The molecule has 0 aliphatic rings. The van der Waals surface area contributed by atoms with Crippen LogP contribution in [0.1, 0.15) is 20.8 Å². The van der Waals surface area contributed by atoms with E-state index in [1.54, 1.807) is 37.5 Å². The SMILES string of the molecule is CNC(=O)c1ccn(-c2cc(N)ccc2C(=O)NC)n1. The molecule has 20 heavy (non-hydrogen) atoms. The Bertz CT molecular complexity index is 663. The number of amides is 2. The van der Waals surface area contributed by atoms with Crippen molar-refractivity contribution in [3.8, 4) is 5.69 Å². The highest BCUT2D eigenvalue weighted by atomic mass is 16.2. The average molecular weight is 273 g/mol. The van der Waals surface area contributed by atoms with E-state index in [1.807, 2.05) is 0 Å². The maximum Gasteiger partial charge on any atom is 0.271 e. The van der Waals surface area contributed by atoms with E-state index in [0.29, 0.717) is 16.9 Å². The minimum Gasteiger partial charge on any atom is -0.399 e. The van der Waals surface area contributed by atoms with Crippen LogP contribution in [0.15, 0.2) is 30.5 Å². The Morgan fingerprint density at radius 1 is 1.15 bits per heavy atom. The number of anilines is 1. The van der Waals surface area contributed by atoms with Crippen molar-refractivity contribution in [2.45, 2.75) is 0 Å². The summed E-state index contributed by atoms with van der Waals surface area (Å²) in [5.41, 5.74) is 7.45. The van der Waals surface area contributed by atoms with Crippen molar-refractivity contribution < 1.29 is 9.59 Å². The first-order chi connectivity index (χ1) is 9.56. The molecule has 0 radical (unpaired) electrons. The molecule has 0 saturated heterocycles. The smallest absolute Gasteiger partial charge is 0.271 e. The Morgan fingerprint density at radius 3 is 2.50 bits per heavy atom. The molecule has 1 aromatic carbocycles. The van der Waals surface area contributed by atoms with E-state index in [9.17, 15) is 9.59 Å². The van der Waals surface area contributed by atoms with Gasteiger partial charge in [-0.2, -0.15) is 5.10 Å². The lowest BCUT2D eigenvalue weighted by Crippen LogP contribution is -2.21. The molecule has 0 aliphatic heterocycles. The molecule has 7 nitrogen and oxygen atoms in total. The van der Waals surface area contributed by atoms with Gasteiger partial charge in [-0.1, -0.05) is 0 Å². The molecule has 4 N–H and O–H groups in total. The Morgan fingerprint density at radius 2 is 1.85 bits per heavy atom. The number of carbonyl (C=O) groups excluding carboxylic acids is 2. The molecule has 2 amide bonds. The second-order valence-corrected chi connectivity index (χ2v) is 4.08. The largest absolute Gasteiger partial charge is 0.399 e. The van der Waals surface area contributed by atoms with Crippen LogP contribution in [0, 0.1) is 0 Å². The first kappa shape index (κ1) is 13.6. The number of nitrogens with two attached hydrogens (primary N) is 1. The molecule has 0 unspecified atom stereocenters. The first-order valence-corrected chi connectivity index (χ1v) is 5.96. The molecule has 104 valence electrons. The predicted octanol–water partition coefficient (Wildman–Crippen LogP) is 0.174. The van der Waals surface area contributed by atoms with Gasteiger partial charge in [0, 0.05) is 26.0 Å². The third kappa shape index (κ3) is 2.46. The van der Waals surface area contributed by atoms with E-state index in [4.69, 9.17) is 5.73 Å². The van der Waals surface area contributed by atoms with Gasteiger partial charge in [0.15, 0.2) is 5.69 Å². The normalized spacial score (nSPS) is 10.1. The maximum absolute atomic E-state index is 11.8. The van der Waals surface area contributed by atoms with E-state index in [0.717, 1.165) is 0 Å². The third-order valence-electron chi connectivity index (χ3n) is 2.79. The van der Waals surface area contributed by atoms with Gasteiger partial charge in [0.1, 0.15) is 0 Å². The fourth-order valence-electron chi connectivity index (χ4n) is 1.77. The van der Waals surface area contributed by atoms with Crippen LogP contribution in [0.5, 0.6) is 0 Å². The van der Waals surface area contributed by atoms with Crippen LogP contribution >= 0.6 is 0 Å². The molecule has 0 aliphatic carbocycles. The highest BCUT2D eigenvalue weighted by Gasteiger charge is 2.14. The summed E-state index contributed by atoms with van der Waals surface area (Å²) in [7, 11) is 3.07. The number of carbonyl (C=O) groups is 2. The van der Waals surface area contributed by atoms with Crippen LogP contribution in [0.4, 0.5) is 5.69 Å². The molecule has 1 heterocycles. The van der Waals surface area contributed by atoms with Crippen molar-refractivity contribution in [2.75, 3.05) is 19.8 Å². The van der Waals surface area contributed by atoms with Crippen LogP contribution in [-0.2, 0) is 0 Å². The summed E-state index contributed by atoms with van der Waals surface area (Å²) in [5.74, 6) is -0.550. The minimum absolute atomic E-state index is 0.253. The van der Waals surface area contributed by atoms with Crippen molar-refractivity contribution in [1.29, 1.82) is 0 Å². The van der Waals surface area contributed by atoms with Crippen molar-refractivity contribution in [2.24, 2.45) is 0 Å². The maximum atomic E-state index is 11.8. The minimum atomic E-state index is -0.297. The van der Waals surface area contributed by atoms with Gasteiger partial charge < -0.3 is 16.4 Å². The summed E-state index contributed by atoms with van der Waals surface area (Å²) in [6, 6.07) is 6.45. The van der Waals surface area contributed by atoms with E-state index in [1.165, 1.54) is 11.7 Å². The fraction of sp³-hybridized carbons (Fsp3) is 0.154. The van der Waals surface area contributed by atoms with Gasteiger partial charge in [-0.05, 0) is 24.3 Å². The molecule has 2 rings (SSSR count). The molecular weight excluding hydrogens is 258 g/mol. The summed E-state index contributed by atoms with van der Waals surface area (Å²) in [5, 5.41) is 9.18. The number of rotatable bonds is 3. The Hall–Kier alpha value is -2.83. The lowest BCUT2D eigenvalue weighted by atomic mass is 10.1.